The fourth-order valence-electron chi connectivity index (χ4n) is 3.70. The first-order valence-electron chi connectivity index (χ1n) is 8.87. The minimum Gasteiger partial charge on any atom is -0.361 e. The Kier molecular flexibility index (Phi) is 4.26. The van der Waals surface area contributed by atoms with Crippen LogP contribution in [0.15, 0.2) is 35.0 Å². The molecule has 6 nitrogen and oxygen atoms in total. The molecule has 6 heteroatoms. The lowest BCUT2D eigenvalue weighted by Gasteiger charge is -2.22. The highest BCUT2D eigenvalue weighted by molar-refractivity contribution is 5.83. The summed E-state index contributed by atoms with van der Waals surface area (Å²) in [6, 6.07) is 8.24. The molecule has 0 aliphatic carbocycles. The van der Waals surface area contributed by atoms with E-state index in [0.29, 0.717) is 18.1 Å². The molecule has 3 heterocycles. The van der Waals surface area contributed by atoms with Gasteiger partial charge in [-0.15, -0.1) is 0 Å². The minimum absolute atomic E-state index is 0.0296. The molecule has 1 fully saturated rings. The molecule has 0 unspecified atom stereocenters. The van der Waals surface area contributed by atoms with E-state index in [1.807, 2.05) is 17.0 Å². The summed E-state index contributed by atoms with van der Waals surface area (Å²) in [6.45, 7) is 2.56. The largest absolute Gasteiger partial charge is 0.361 e. The van der Waals surface area contributed by atoms with Gasteiger partial charge in [0.05, 0.1) is 6.04 Å². The van der Waals surface area contributed by atoms with Crippen molar-refractivity contribution in [3.05, 3.63) is 47.7 Å². The van der Waals surface area contributed by atoms with Gasteiger partial charge in [-0.05, 0) is 37.3 Å². The SMILES string of the molecule is Cc1nc([C@@H]2CCCN2C(=O)CCCc2c[nH]c3ccccc23)no1. The van der Waals surface area contributed by atoms with Crippen molar-refractivity contribution in [1.82, 2.24) is 20.0 Å². The Labute approximate surface area is 146 Å². The number of H-pyrrole nitrogens is 1. The molecule has 0 saturated carbocycles. The zero-order chi connectivity index (χ0) is 17.2. The van der Waals surface area contributed by atoms with E-state index in [9.17, 15) is 4.79 Å². The molecular formula is C19H22N4O2. The van der Waals surface area contributed by atoms with Crippen LogP contribution in [0.1, 0.15) is 49.0 Å². The summed E-state index contributed by atoms with van der Waals surface area (Å²) in [5.41, 5.74) is 2.42. The number of nitrogens with zero attached hydrogens (tertiary/aromatic N) is 3. The first kappa shape index (κ1) is 15.9. The molecule has 1 aromatic carbocycles. The van der Waals surface area contributed by atoms with E-state index in [4.69, 9.17) is 4.52 Å². The van der Waals surface area contributed by atoms with E-state index >= 15 is 0 Å². The van der Waals surface area contributed by atoms with Crippen LogP contribution in [-0.4, -0.2) is 32.5 Å². The Morgan fingerprint density at radius 2 is 2.28 bits per heavy atom. The maximum absolute atomic E-state index is 12.7. The van der Waals surface area contributed by atoms with Crippen LogP contribution in [-0.2, 0) is 11.2 Å². The molecular weight excluding hydrogens is 316 g/mol. The summed E-state index contributed by atoms with van der Waals surface area (Å²) < 4.78 is 5.07. The first-order chi connectivity index (χ1) is 12.2. The second-order valence-corrected chi connectivity index (χ2v) is 6.63. The van der Waals surface area contributed by atoms with Crippen LogP contribution >= 0.6 is 0 Å². The van der Waals surface area contributed by atoms with E-state index < -0.39 is 0 Å². The average Bonchev–Trinajstić information content (AvgIpc) is 3.34. The van der Waals surface area contributed by atoms with Crippen molar-refractivity contribution in [3.63, 3.8) is 0 Å². The van der Waals surface area contributed by atoms with Gasteiger partial charge in [-0.1, -0.05) is 23.4 Å². The lowest BCUT2D eigenvalue weighted by molar-refractivity contribution is -0.132. The molecule has 1 N–H and O–H groups in total. The van der Waals surface area contributed by atoms with Crippen LogP contribution in [0.3, 0.4) is 0 Å². The van der Waals surface area contributed by atoms with Gasteiger partial charge < -0.3 is 14.4 Å². The molecule has 2 aromatic heterocycles. The fourth-order valence-corrected chi connectivity index (χ4v) is 3.70. The van der Waals surface area contributed by atoms with Crippen LogP contribution in [0.5, 0.6) is 0 Å². The summed E-state index contributed by atoms with van der Waals surface area (Å²) in [5, 5.41) is 5.25. The number of fused-ring (bicyclic) bond motifs is 1. The Morgan fingerprint density at radius 1 is 1.40 bits per heavy atom. The monoisotopic (exact) mass is 338 g/mol. The lowest BCUT2D eigenvalue weighted by Crippen LogP contribution is -2.31. The van der Waals surface area contributed by atoms with Crippen LogP contribution in [0, 0.1) is 6.92 Å². The quantitative estimate of drug-likeness (QED) is 0.772. The summed E-state index contributed by atoms with van der Waals surface area (Å²) in [6.07, 6.45) is 6.24. The van der Waals surface area contributed by atoms with Crippen molar-refractivity contribution in [1.29, 1.82) is 0 Å². The second kappa shape index (κ2) is 6.70. The Hall–Kier alpha value is -2.63. The summed E-state index contributed by atoms with van der Waals surface area (Å²) in [4.78, 5) is 22.2. The number of hydrogen-bond donors (Lipinski definition) is 1. The van der Waals surface area contributed by atoms with Gasteiger partial charge in [0.25, 0.3) is 0 Å². The maximum Gasteiger partial charge on any atom is 0.223 e. The number of aromatic nitrogens is 3. The van der Waals surface area contributed by atoms with E-state index in [-0.39, 0.29) is 11.9 Å². The number of rotatable bonds is 5. The number of carbonyl (C=O) groups excluding carboxylic acids is 1. The average molecular weight is 338 g/mol. The predicted octanol–water partition coefficient (Wildman–Crippen LogP) is 3.55. The third kappa shape index (κ3) is 3.16. The molecule has 3 aromatic rings. The number of benzene rings is 1. The highest BCUT2D eigenvalue weighted by Gasteiger charge is 2.32. The zero-order valence-electron chi connectivity index (χ0n) is 14.4. The molecule has 130 valence electrons. The Bertz CT molecular complexity index is 882. The molecule has 1 saturated heterocycles. The topological polar surface area (TPSA) is 75.0 Å². The Balaban J connectivity index is 1.37. The minimum atomic E-state index is -0.0296. The van der Waals surface area contributed by atoms with Gasteiger partial charge in [-0.2, -0.15) is 4.98 Å². The molecule has 0 bridgehead atoms. The van der Waals surface area contributed by atoms with Crippen LogP contribution in [0.25, 0.3) is 10.9 Å². The van der Waals surface area contributed by atoms with Crippen LogP contribution < -0.4 is 0 Å². The first-order valence-corrected chi connectivity index (χ1v) is 8.87. The predicted molar refractivity (Wildman–Crippen MR) is 94.0 cm³/mol. The van der Waals surface area contributed by atoms with Gasteiger partial charge in [0, 0.05) is 37.0 Å². The third-order valence-electron chi connectivity index (χ3n) is 4.93. The molecule has 25 heavy (non-hydrogen) atoms. The second-order valence-electron chi connectivity index (χ2n) is 6.63. The Morgan fingerprint density at radius 3 is 3.12 bits per heavy atom. The van der Waals surface area contributed by atoms with Gasteiger partial charge in [-0.25, -0.2) is 0 Å². The summed E-state index contributed by atoms with van der Waals surface area (Å²) in [7, 11) is 0. The number of para-hydroxylation sites is 1. The number of aromatic amines is 1. The zero-order valence-corrected chi connectivity index (χ0v) is 14.4. The number of aryl methyl sites for hydroxylation is 2. The van der Waals surface area contributed by atoms with Gasteiger partial charge in [0.15, 0.2) is 5.82 Å². The summed E-state index contributed by atoms with van der Waals surface area (Å²) >= 11 is 0. The van der Waals surface area contributed by atoms with Crippen molar-refractivity contribution >= 4 is 16.8 Å². The van der Waals surface area contributed by atoms with Crippen molar-refractivity contribution < 1.29 is 9.32 Å². The van der Waals surface area contributed by atoms with Gasteiger partial charge in [-0.3, -0.25) is 4.79 Å². The van der Waals surface area contributed by atoms with Crippen molar-refractivity contribution in [2.24, 2.45) is 0 Å². The smallest absolute Gasteiger partial charge is 0.223 e. The fraction of sp³-hybridized carbons (Fsp3) is 0.421. The van der Waals surface area contributed by atoms with Crippen molar-refractivity contribution in [2.45, 2.75) is 45.1 Å². The van der Waals surface area contributed by atoms with Crippen molar-refractivity contribution in [2.75, 3.05) is 6.54 Å². The normalized spacial score (nSPS) is 17.5. The molecule has 1 aliphatic heterocycles. The standard InChI is InChI=1S/C19H22N4O2/c1-13-21-19(22-25-13)17-9-5-11-23(17)18(24)10-4-6-14-12-20-16-8-3-2-7-15(14)16/h2-3,7-8,12,17,20H,4-6,9-11H2,1H3/t17-/m0/s1. The molecule has 0 spiro atoms. The molecule has 0 radical (unpaired) electrons. The number of carbonyl (C=O) groups is 1. The molecule has 1 amide bonds. The highest BCUT2D eigenvalue weighted by atomic mass is 16.5. The van der Waals surface area contributed by atoms with Crippen LogP contribution in [0.4, 0.5) is 0 Å². The maximum atomic E-state index is 12.7. The number of amides is 1. The van der Waals surface area contributed by atoms with Gasteiger partial charge >= 0.3 is 0 Å². The summed E-state index contributed by atoms with van der Waals surface area (Å²) in [5.74, 6) is 1.37. The molecule has 4 rings (SSSR count). The van der Waals surface area contributed by atoms with E-state index in [1.54, 1.807) is 6.92 Å². The highest BCUT2D eigenvalue weighted by Crippen LogP contribution is 2.31. The number of hydrogen-bond acceptors (Lipinski definition) is 4. The van der Waals surface area contributed by atoms with Gasteiger partial charge in [0.1, 0.15) is 0 Å². The molecule has 1 aliphatic rings. The van der Waals surface area contributed by atoms with Crippen LogP contribution in [0.2, 0.25) is 0 Å². The molecule has 1 atom stereocenters. The van der Waals surface area contributed by atoms with E-state index in [0.717, 1.165) is 37.7 Å². The number of likely N-dealkylation sites (tertiary alicyclic amines) is 1. The van der Waals surface area contributed by atoms with Crippen molar-refractivity contribution in [3.8, 4) is 0 Å². The van der Waals surface area contributed by atoms with Gasteiger partial charge in [0.2, 0.25) is 11.8 Å². The van der Waals surface area contributed by atoms with E-state index in [2.05, 4.69) is 33.5 Å². The third-order valence-corrected chi connectivity index (χ3v) is 4.93. The number of nitrogens with one attached hydrogen (secondary N) is 1. The lowest BCUT2D eigenvalue weighted by atomic mass is 10.1. The van der Waals surface area contributed by atoms with E-state index in [1.165, 1.54) is 10.9 Å².